The van der Waals surface area contributed by atoms with Gasteiger partial charge in [0.25, 0.3) is 0 Å². The molecule has 0 bridgehead atoms. The third-order valence-electron chi connectivity index (χ3n) is 3.41. The van der Waals surface area contributed by atoms with Crippen LogP contribution in [0.25, 0.3) is 4.85 Å². The van der Waals surface area contributed by atoms with Crippen molar-refractivity contribution in [3.63, 3.8) is 0 Å². The van der Waals surface area contributed by atoms with Gasteiger partial charge in [-0.25, -0.2) is 6.57 Å². The summed E-state index contributed by atoms with van der Waals surface area (Å²) in [5.74, 6) is 0. The van der Waals surface area contributed by atoms with Crippen molar-refractivity contribution < 1.29 is 8.85 Å². The molecule has 0 radical (unpaired) electrons. The zero-order valence-electron chi connectivity index (χ0n) is 16.0. The summed E-state index contributed by atoms with van der Waals surface area (Å²) in [5, 5.41) is 9.61. The minimum absolute atomic E-state index is 0.802. The van der Waals surface area contributed by atoms with Gasteiger partial charge in [-0.2, -0.15) is 5.26 Å². The van der Waals surface area contributed by atoms with Gasteiger partial charge in [-0.15, -0.1) is 0 Å². The number of hydrogen-bond donors (Lipinski definition) is 0. The normalized spacial score (nSPS) is 17.2. The van der Waals surface area contributed by atoms with Crippen LogP contribution in [0.5, 0.6) is 0 Å². The average molecular weight is 361 g/mol. The second-order valence-corrected chi connectivity index (χ2v) is 17.1. The Morgan fingerprint density at radius 3 is 1.67 bits per heavy atom. The van der Waals surface area contributed by atoms with Gasteiger partial charge in [0.1, 0.15) is 6.07 Å². The summed E-state index contributed by atoms with van der Waals surface area (Å²) in [6.45, 7) is 23.6. The van der Waals surface area contributed by atoms with Crippen LogP contribution in [0.4, 0.5) is 0 Å². The first-order valence-corrected chi connectivity index (χ1v) is 14.9. The quantitative estimate of drug-likeness (QED) is 0.516. The maximum atomic E-state index is 9.61. The molecule has 130 valence electrons. The van der Waals surface area contributed by atoms with Crippen LogP contribution in [0.2, 0.25) is 39.3 Å². The Balaban J connectivity index is 3.21. The summed E-state index contributed by atoms with van der Waals surface area (Å²) >= 11 is 0. The lowest BCUT2D eigenvalue weighted by Gasteiger charge is -2.31. The molecule has 0 aromatic heterocycles. The lowest BCUT2D eigenvalue weighted by molar-refractivity contribution is 0.128. The molecule has 1 rings (SSSR count). The lowest BCUT2D eigenvalue weighted by Crippen LogP contribution is -2.38. The van der Waals surface area contributed by atoms with Crippen molar-refractivity contribution in [2.75, 3.05) is 0 Å². The van der Waals surface area contributed by atoms with Crippen molar-refractivity contribution in [1.29, 1.82) is 5.26 Å². The van der Waals surface area contributed by atoms with Crippen molar-refractivity contribution >= 4 is 16.6 Å². The monoisotopic (exact) mass is 360 g/mol. The van der Waals surface area contributed by atoms with E-state index >= 15 is 0 Å². The Bertz CT molecular complexity index is 604. The van der Waals surface area contributed by atoms with E-state index in [4.69, 9.17) is 15.4 Å². The Morgan fingerprint density at radius 2 is 1.33 bits per heavy atom. The molecule has 0 saturated carbocycles. The largest absolute Gasteiger partial charge is 0.397 e. The molecule has 1 aromatic carbocycles. The van der Waals surface area contributed by atoms with E-state index in [1.165, 1.54) is 0 Å². The number of rotatable bonds is 6. The summed E-state index contributed by atoms with van der Waals surface area (Å²) in [4.78, 5) is 3.72. The van der Waals surface area contributed by atoms with Crippen LogP contribution in [0, 0.1) is 17.9 Å². The lowest BCUT2D eigenvalue weighted by atomic mass is 9.95. The van der Waals surface area contributed by atoms with E-state index in [1.807, 2.05) is 24.3 Å². The Labute approximate surface area is 148 Å². The fourth-order valence-electron chi connectivity index (χ4n) is 2.60. The third-order valence-corrected chi connectivity index (χ3v) is 5.44. The smallest absolute Gasteiger partial charge is 0.352 e. The van der Waals surface area contributed by atoms with Crippen molar-refractivity contribution in [3.05, 3.63) is 46.8 Å². The van der Waals surface area contributed by atoms with E-state index in [-0.39, 0.29) is 0 Å². The van der Waals surface area contributed by atoms with Gasteiger partial charge >= 0.3 is 5.72 Å². The molecule has 24 heavy (non-hydrogen) atoms. The summed E-state index contributed by atoms with van der Waals surface area (Å²) in [6, 6.07) is 9.77. The van der Waals surface area contributed by atoms with E-state index < -0.39 is 28.0 Å². The molecule has 2 atom stereocenters. The Hall–Kier alpha value is -1.45. The van der Waals surface area contributed by atoms with Gasteiger partial charge in [0.2, 0.25) is 0 Å². The van der Waals surface area contributed by atoms with Gasteiger partial charge in [-0.1, -0.05) is 12.1 Å². The minimum atomic E-state index is -1.88. The minimum Gasteiger partial charge on any atom is -0.397 e. The molecule has 0 fully saturated rings. The molecule has 0 aliphatic heterocycles. The van der Waals surface area contributed by atoms with Crippen molar-refractivity contribution in [2.24, 2.45) is 0 Å². The molecule has 2 unspecified atom stereocenters. The third kappa shape index (κ3) is 5.29. The first kappa shape index (κ1) is 20.6. The van der Waals surface area contributed by atoms with Crippen molar-refractivity contribution in [1.82, 2.24) is 0 Å². The standard InChI is InChI=1S/C18H28N2O2Si2/c1-17(14-19,21-23(4,5)6)15-10-12-16(13-11-15)18(2,20-3)22-24(7,8)9/h10-13H,1-2,4-9H3. The van der Waals surface area contributed by atoms with Crippen molar-refractivity contribution in [3.8, 4) is 6.07 Å². The van der Waals surface area contributed by atoms with Crippen LogP contribution in [0.15, 0.2) is 24.3 Å². The summed E-state index contributed by atoms with van der Waals surface area (Å²) in [7, 11) is -3.75. The molecule has 1 aromatic rings. The number of hydrogen-bond acceptors (Lipinski definition) is 3. The average Bonchev–Trinajstić information content (AvgIpc) is 2.43. The van der Waals surface area contributed by atoms with E-state index in [2.05, 4.69) is 50.2 Å². The molecule has 0 aliphatic rings. The van der Waals surface area contributed by atoms with Gasteiger partial charge in [0.15, 0.2) is 22.2 Å². The van der Waals surface area contributed by atoms with E-state index in [0.29, 0.717) is 0 Å². The van der Waals surface area contributed by atoms with Crippen molar-refractivity contribution in [2.45, 2.75) is 64.5 Å². The molecule has 0 N–H and O–H groups in total. The van der Waals surface area contributed by atoms with Crippen LogP contribution >= 0.6 is 0 Å². The van der Waals surface area contributed by atoms with Crippen LogP contribution in [0.1, 0.15) is 25.0 Å². The van der Waals surface area contributed by atoms with Gasteiger partial charge in [-0.3, -0.25) is 4.85 Å². The zero-order valence-corrected chi connectivity index (χ0v) is 18.0. The first-order valence-electron chi connectivity index (χ1n) is 8.06. The number of benzene rings is 1. The summed E-state index contributed by atoms with van der Waals surface area (Å²) < 4.78 is 12.2. The SMILES string of the molecule is [C-]#[N+]C(C)(O[Si](C)(C)C)c1ccc(C(C)(C#N)O[Si](C)(C)C)cc1. The number of nitrogens with zero attached hydrogens (tertiary/aromatic N) is 2. The summed E-state index contributed by atoms with van der Waals surface area (Å²) in [5.41, 5.74) is -0.364. The fourth-order valence-corrected chi connectivity index (χ4v) is 5.34. The molecule has 4 nitrogen and oxygen atoms in total. The molecule has 0 heterocycles. The topological polar surface area (TPSA) is 46.6 Å². The summed E-state index contributed by atoms with van der Waals surface area (Å²) in [6.07, 6.45) is 0. The van der Waals surface area contributed by atoms with Gasteiger partial charge in [0.05, 0.1) is 5.56 Å². The molecular weight excluding hydrogens is 332 g/mol. The maximum Gasteiger partial charge on any atom is 0.352 e. The first-order chi connectivity index (χ1) is 10.7. The second kappa shape index (κ2) is 6.81. The highest BCUT2D eigenvalue weighted by molar-refractivity contribution is 6.70. The highest BCUT2D eigenvalue weighted by Gasteiger charge is 2.40. The van der Waals surface area contributed by atoms with E-state index in [0.717, 1.165) is 11.1 Å². The molecule has 0 aliphatic carbocycles. The van der Waals surface area contributed by atoms with Crippen LogP contribution < -0.4 is 0 Å². The number of nitriles is 1. The molecular formula is C18H28N2O2Si2. The molecule has 6 heteroatoms. The van der Waals surface area contributed by atoms with Crippen LogP contribution in [-0.4, -0.2) is 16.6 Å². The van der Waals surface area contributed by atoms with Gasteiger partial charge in [0, 0.05) is 6.92 Å². The molecule has 0 saturated heterocycles. The van der Waals surface area contributed by atoms with Gasteiger partial charge < -0.3 is 8.85 Å². The Kier molecular flexibility index (Phi) is 5.85. The molecule has 0 amide bonds. The Morgan fingerprint density at radius 1 is 0.917 bits per heavy atom. The predicted molar refractivity (Wildman–Crippen MR) is 102 cm³/mol. The van der Waals surface area contributed by atoms with Gasteiger partial charge in [-0.05, 0) is 63.9 Å². The molecule has 0 spiro atoms. The zero-order chi connectivity index (χ0) is 18.8. The second-order valence-electron chi connectivity index (χ2n) is 8.25. The van der Waals surface area contributed by atoms with E-state index in [9.17, 15) is 5.26 Å². The van der Waals surface area contributed by atoms with Crippen LogP contribution in [-0.2, 0) is 20.2 Å². The highest BCUT2D eigenvalue weighted by atomic mass is 28.4. The predicted octanol–water partition coefficient (Wildman–Crippen LogP) is 5.22. The highest BCUT2D eigenvalue weighted by Crippen LogP contribution is 2.34. The van der Waals surface area contributed by atoms with E-state index in [1.54, 1.807) is 13.8 Å². The van der Waals surface area contributed by atoms with Crippen LogP contribution in [0.3, 0.4) is 0 Å². The fraction of sp³-hybridized carbons (Fsp3) is 0.556. The maximum absolute atomic E-state index is 9.61.